The lowest BCUT2D eigenvalue weighted by molar-refractivity contribution is 0.0696. The molecule has 0 saturated carbocycles. The molecule has 0 radical (unpaired) electrons. The van der Waals surface area contributed by atoms with Crippen LogP contribution in [0, 0.1) is 5.82 Å². The number of hydrogen-bond acceptors (Lipinski definition) is 2. The van der Waals surface area contributed by atoms with Crippen LogP contribution in [-0.4, -0.2) is 17.4 Å². The van der Waals surface area contributed by atoms with E-state index in [1.54, 1.807) is 47.7 Å². The molecular weight excluding hydrogens is 357 g/mol. The Hall–Kier alpha value is -2.17. The van der Waals surface area contributed by atoms with Gasteiger partial charge in [-0.3, -0.25) is 4.79 Å². The number of fused-ring (bicyclic) bond motifs is 1. The maximum atomic E-state index is 13.4. The van der Waals surface area contributed by atoms with Crippen molar-refractivity contribution in [3.05, 3.63) is 92.4 Å². The highest BCUT2D eigenvalue weighted by molar-refractivity contribution is 7.10. The molecule has 1 aliphatic rings. The minimum absolute atomic E-state index is 0.0390. The summed E-state index contributed by atoms with van der Waals surface area (Å²) in [7, 11) is 0. The third-order valence-corrected chi connectivity index (χ3v) is 5.75. The van der Waals surface area contributed by atoms with Crippen LogP contribution >= 0.6 is 22.9 Å². The molecule has 1 aromatic heterocycles. The summed E-state index contributed by atoms with van der Waals surface area (Å²) in [4.78, 5) is 16.3. The number of rotatable bonds is 2. The number of nitrogens with zero attached hydrogens (tertiary/aromatic N) is 1. The molecule has 25 heavy (non-hydrogen) atoms. The molecule has 0 saturated heterocycles. The van der Waals surface area contributed by atoms with Crippen molar-refractivity contribution in [3.63, 3.8) is 0 Å². The molecule has 0 spiro atoms. The summed E-state index contributed by atoms with van der Waals surface area (Å²) in [5.41, 5.74) is 2.66. The van der Waals surface area contributed by atoms with Crippen LogP contribution in [0.3, 0.4) is 0 Å². The molecule has 5 heteroatoms. The van der Waals surface area contributed by atoms with Gasteiger partial charge in [0.1, 0.15) is 5.82 Å². The Labute approximate surface area is 154 Å². The fourth-order valence-electron chi connectivity index (χ4n) is 3.30. The van der Waals surface area contributed by atoms with E-state index in [0.717, 1.165) is 17.5 Å². The molecule has 1 amide bonds. The van der Waals surface area contributed by atoms with Crippen LogP contribution in [0.1, 0.15) is 32.4 Å². The van der Waals surface area contributed by atoms with E-state index < -0.39 is 0 Å². The number of halogens is 2. The highest BCUT2D eigenvalue weighted by atomic mass is 35.5. The first-order valence-corrected chi connectivity index (χ1v) is 9.27. The molecule has 1 atom stereocenters. The second-order valence-corrected chi connectivity index (χ2v) is 7.45. The van der Waals surface area contributed by atoms with Crippen LogP contribution in [0.4, 0.5) is 4.39 Å². The van der Waals surface area contributed by atoms with Gasteiger partial charge in [0.25, 0.3) is 5.91 Å². The lowest BCUT2D eigenvalue weighted by atomic mass is 9.92. The van der Waals surface area contributed by atoms with Gasteiger partial charge < -0.3 is 4.90 Å². The van der Waals surface area contributed by atoms with E-state index in [1.165, 1.54) is 17.0 Å². The van der Waals surface area contributed by atoms with Gasteiger partial charge in [0.05, 0.1) is 6.04 Å². The van der Waals surface area contributed by atoms with E-state index >= 15 is 0 Å². The predicted octanol–water partition coefficient (Wildman–Crippen LogP) is 5.33. The molecule has 0 bridgehead atoms. The van der Waals surface area contributed by atoms with E-state index in [-0.39, 0.29) is 17.8 Å². The van der Waals surface area contributed by atoms with Gasteiger partial charge in [0.15, 0.2) is 0 Å². The van der Waals surface area contributed by atoms with Crippen molar-refractivity contribution >= 4 is 28.8 Å². The second-order valence-electron chi connectivity index (χ2n) is 6.01. The number of benzene rings is 2. The quantitative estimate of drug-likeness (QED) is 0.596. The molecule has 2 nitrogen and oxygen atoms in total. The molecule has 3 aromatic rings. The first kappa shape index (κ1) is 16.3. The fraction of sp³-hybridized carbons (Fsp3) is 0.150. The minimum Gasteiger partial charge on any atom is -0.327 e. The van der Waals surface area contributed by atoms with Gasteiger partial charge in [-0.2, -0.15) is 0 Å². The Bertz CT molecular complexity index is 904. The standard InChI is InChI=1S/C20H15ClFNOS/c21-15-5-1-14(2-6-15)20(24)23-11-9-18-17(10-12-25-18)19(23)13-3-7-16(22)8-4-13/h1-8,10,12,19H,9,11H2. The van der Waals surface area contributed by atoms with E-state index in [1.807, 2.05) is 4.90 Å². The van der Waals surface area contributed by atoms with Gasteiger partial charge in [0, 0.05) is 22.0 Å². The van der Waals surface area contributed by atoms with E-state index in [9.17, 15) is 9.18 Å². The molecule has 2 heterocycles. The average Bonchev–Trinajstić information content (AvgIpc) is 3.10. The Kier molecular flexibility index (Phi) is 4.32. The molecule has 4 rings (SSSR count). The summed E-state index contributed by atoms with van der Waals surface area (Å²) in [5.74, 6) is -0.316. The molecule has 1 aliphatic heterocycles. The molecule has 1 unspecified atom stereocenters. The third-order valence-electron chi connectivity index (χ3n) is 4.50. The van der Waals surface area contributed by atoms with Gasteiger partial charge in [0.2, 0.25) is 0 Å². The SMILES string of the molecule is O=C(c1ccc(Cl)cc1)N1CCc2sccc2C1c1ccc(F)cc1. The van der Waals surface area contributed by atoms with Gasteiger partial charge in [-0.1, -0.05) is 23.7 Å². The molecule has 2 aromatic carbocycles. The second kappa shape index (κ2) is 6.62. The summed E-state index contributed by atoms with van der Waals surface area (Å²) in [6, 6.07) is 15.2. The maximum absolute atomic E-state index is 13.4. The summed E-state index contributed by atoms with van der Waals surface area (Å²) in [6.07, 6.45) is 0.837. The third kappa shape index (κ3) is 3.08. The van der Waals surface area contributed by atoms with Crippen molar-refractivity contribution in [2.24, 2.45) is 0 Å². The van der Waals surface area contributed by atoms with Crippen LogP contribution in [0.5, 0.6) is 0 Å². The largest absolute Gasteiger partial charge is 0.327 e. The molecule has 0 fully saturated rings. The smallest absolute Gasteiger partial charge is 0.254 e. The normalized spacial score (nSPS) is 16.6. The molecular formula is C20H15ClFNOS. The molecule has 126 valence electrons. The van der Waals surface area contributed by atoms with Crippen LogP contribution in [0.2, 0.25) is 5.02 Å². The highest BCUT2D eigenvalue weighted by Crippen LogP contribution is 2.38. The van der Waals surface area contributed by atoms with Crippen molar-refractivity contribution in [2.45, 2.75) is 12.5 Å². The van der Waals surface area contributed by atoms with Crippen LogP contribution < -0.4 is 0 Å². The van der Waals surface area contributed by atoms with Crippen LogP contribution in [0.25, 0.3) is 0 Å². The van der Waals surface area contributed by atoms with Gasteiger partial charge in [-0.05, 0) is 65.4 Å². The van der Waals surface area contributed by atoms with Crippen molar-refractivity contribution < 1.29 is 9.18 Å². The Morgan fingerprint density at radius 3 is 2.52 bits per heavy atom. The van der Waals surface area contributed by atoms with Crippen molar-refractivity contribution in [1.29, 1.82) is 0 Å². The molecule has 0 aliphatic carbocycles. The number of thiophene rings is 1. The van der Waals surface area contributed by atoms with Crippen molar-refractivity contribution in [3.8, 4) is 0 Å². The van der Waals surface area contributed by atoms with Gasteiger partial charge >= 0.3 is 0 Å². The first-order chi connectivity index (χ1) is 12.1. The van der Waals surface area contributed by atoms with E-state index in [4.69, 9.17) is 11.6 Å². The first-order valence-electron chi connectivity index (χ1n) is 8.02. The topological polar surface area (TPSA) is 20.3 Å². The number of hydrogen-bond donors (Lipinski definition) is 0. The van der Waals surface area contributed by atoms with Gasteiger partial charge in [-0.15, -0.1) is 11.3 Å². The van der Waals surface area contributed by atoms with Crippen molar-refractivity contribution in [2.75, 3.05) is 6.54 Å². The summed E-state index contributed by atoms with van der Waals surface area (Å²) in [5, 5.41) is 2.66. The monoisotopic (exact) mass is 371 g/mol. The zero-order valence-electron chi connectivity index (χ0n) is 13.3. The summed E-state index contributed by atoms with van der Waals surface area (Å²) >= 11 is 7.64. The maximum Gasteiger partial charge on any atom is 0.254 e. The van der Waals surface area contributed by atoms with E-state index in [0.29, 0.717) is 17.1 Å². The zero-order chi connectivity index (χ0) is 17.4. The fourth-order valence-corrected chi connectivity index (χ4v) is 4.33. The average molecular weight is 372 g/mol. The van der Waals surface area contributed by atoms with Crippen LogP contribution in [-0.2, 0) is 6.42 Å². The highest BCUT2D eigenvalue weighted by Gasteiger charge is 2.33. The number of carbonyl (C=O) groups is 1. The minimum atomic E-state index is -0.277. The molecule has 0 N–H and O–H groups in total. The summed E-state index contributed by atoms with van der Waals surface area (Å²) < 4.78 is 13.4. The lowest BCUT2D eigenvalue weighted by Crippen LogP contribution is -2.40. The van der Waals surface area contributed by atoms with E-state index in [2.05, 4.69) is 11.4 Å². The van der Waals surface area contributed by atoms with Gasteiger partial charge in [-0.25, -0.2) is 4.39 Å². The zero-order valence-corrected chi connectivity index (χ0v) is 14.9. The number of carbonyl (C=O) groups excluding carboxylic acids is 1. The number of amides is 1. The summed E-state index contributed by atoms with van der Waals surface area (Å²) in [6.45, 7) is 0.636. The Morgan fingerprint density at radius 2 is 1.80 bits per heavy atom. The Morgan fingerprint density at radius 1 is 1.08 bits per heavy atom. The predicted molar refractivity (Wildman–Crippen MR) is 98.8 cm³/mol. The van der Waals surface area contributed by atoms with Crippen molar-refractivity contribution in [1.82, 2.24) is 4.90 Å². The van der Waals surface area contributed by atoms with Crippen LogP contribution in [0.15, 0.2) is 60.0 Å². The lowest BCUT2D eigenvalue weighted by Gasteiger charge is -2.36. The Balaban J connectivity index is 1.76.